The van der Waals surface area contributed by atoms with E-state index >= 15 is 0 Å². The third kappa shape index (κ3) is 3.08. The van der Waals surface area contributed by atoms with Gasteiger partial charge in [0.15, 0.2) is 5.82 Å². The number of aromatic amines is 1. The Morgan fingerprint density at radius 1 is 1.06 bits per heavy atom. The average molecular weight is 465 g/mol. The number of H-pyrrole nitrogens is 1. The normalized spacial score (nSPS) is 22.7. The van der Waals surface area contributed by atoms with Gasteiger partial charge in [-0.15, -0.1) is 0 Å². The number of pyridine rings is 2. The van der Waals surface area contributed by atoms with Crippen molar-refractivity contribution < 1.29 is 13.2 Å². The maximum absolute atomic E-state index is 13.4. The number of anilines is 1. The van der Waals surface area contributed by atoms with Gasteiger partial charge in [-0.3, -0.25) is 4.98 Å². The molecule has 0 amide bonds. The van der Waals surface area contributed by atoms with Gasteiger partial charge in [0.25, 0.3) is 0 Å². The minimum absolute atomic E-state index is 0.168. The fourth-order valence-corrected chi connectivity index (χ4v) is 5.62. The molecule has 1 aliphatic carbocycles. The van der Waals surface area contributed by atoms with Crippen LogP contribution in [0.3, 0.4) is 0 Å². The number of aromatic nitrogens is 5. The summed E-state index contributed by atoms with van der Waals surface area (Å²) < 4.78 is 40.1. The zero-order valence-corrected chi connectivity index (χ0v) is 18.2. The molecular weight excluding hydrogens is 443 g/mol. The standard InChI is InChI=1S/C24H22F3N7/c25-24(26,27)19-9-14-13(3-6-30-21(14)32-19)22-31-17-11-28-10-15(12-1-2-12)20(17)23(33-22)34-8-5-16-18(34)4-7-29-16/h3,6,9-12,16,18,29H,1-2,4-5,7-8H2,(H,30,32)/t16-,18?/m1/s1. The topological polar surface area (TPSA) is 82.6 Å². The third-order valence-electron chi connectivity index (χ3n) is 7.38. The molecule has 3 aliphatic rings. The molecule has 2 atom stereocenters. The maximum atomic E-state index is 13.4. The van der Waals surface area contributed by atoms with Gasteiger partial charge < -0.3 is 15.2 Å². The van der Waals surface area contributed by atoms with Gasteiger partial charge in [-0.25, -0.2) is 15.0 Å². The van der Waals surface area contributed by atoms with E-state index in [1.54, 1.807) is 12.3 Å². The summed E-state index contributed by atoms with van der Waals surface area (Å²) in [6.45, 7) is 1.86. The Labute approximate surface area is 192 Å². The Bertz CT molecular complexity index is 1430. The van der Waals surface area contributed by atoms with Gasteiger partial charge in [-0.1, -0.05) is 0 Å². The van der Waals surface area contributed by atoms with Crippen molar-refractivity contribution in [2.45, 2.75) is 49.9 Å². The van der Waals surface area contributed by atoms with Crippen LogP contribution >= 0.6 is 0 Å². The molecule has 6 heterocycles. The maximum Gasteiger partial charge on any atom is 0.431 e. The number of hydrogen-bond donors (Lipinski definition) is 2. The molecule has 4 aromatic rings. The summed E-state index contributed by atoms with van der Waals surface area (Å²) in [5, 5.41) is 4.97. The lowest BCUT2D eigenvalue weighted by Crippen LogP contribution is -2.35. The summed E-state index contributed by atoms with van der Waals surface area (Å²) in [5.74, 6) is 1.74. The molecule has 3 fully saturated rings. The molecule has 7 rings (SSSR count). The van der Waals surface area contributed by atoms with Crippen LogP contribution < -0.4 is 10.2 Å². The Morgan fingerprint density at radius 3 is 2.76 bits per heavy atom. The molecule has 1 unspecified atom stereocenters. The van der Waals surface area contributed by atoms with E-state index < -0.39 is 11.9 Å². The van der Waals surface area contributed by atoms with E-state index in [1.807, 2.05) is 6.20 Å². The summed E-state index contributed by atoms with van der Waals surface area (Å²) in [6.07, 6.45) is 5.02. The van der Waals surface area contributed by atoms with Gasteiger partial charge in [0.1, 0.15) is 17.2 Å². The molecular formula is C24H22F3N7. The van der Waals surface area contributed by atoms with E-state index in [0.29, 0.717) is 34.8 Å². The monoisotopic (exact) mass is 465 g/mol. The van der Waals surface area contributed by atoms with Gasteiger partial charge in [0.2, 0.25) is 0 Å². The molecule has 2 aliphatic heterocycles. The van der Waals surface area contributed by atoms with Gasteiger partial charge in [0, 0.05) is 47.4 Å². The molecule has 34 heavy (non-hydrogen) atoms. The van der Waals surface area contributed by atoms with Gasteiger partial charge in [-0.05, 0) is 55.8 Å². The Morgan fingerprint density at radius 2 is 1.94 bits per heavy atom. The zero-order valence-electron chi connectivity index (χ0n) is 18.2. The van der Waals surface area contributed by atoms with E-state index in [9.17, 15) is 13.2 Å². The lowest BCUT2D eigenvalue weighted by atomic mass is 10.1. The second-order valence-electron chi connectivity index (χ2n) is 9.47. The predicted octanol–water partition coefficient (Wildman–Crippen LogP) is 4.40. The fraction of sp³-hybridized carbons (Fsp3) is 0.417. The highest BCUT2D eigenvalue weighted by Crippen LogP contribution is 2.46. The van der Waals surface area contributed by atoms with E-state index in [2.05, 4.69) is 25.2 Å². The molecule has 1 saturated carbocycles. The number of halogens is 3. The fourth-order valence-electron chi connectivity index (χ4n) is 5.62. The van der Waals surface area contributed by atoms with Crippen molar-refractivity contribution >= 4 is 27.8 Å². The predicted molar refractivity (Wildman–Crippen MR) is 122 cm³/mol. The summed E-state index contributed by atoms with van der Waals surface area (Å²) in [4.78, 5) is 23.2. The molecule has 10 heteroatoms. The minimum Gasteiger partial charge on any atom is -0.351 e. The lowest BCUT2D eigenvalue weighted by molar-refractivity contribution is -0.140. The average Bonchev–Trinajstić information content (AvgIpc) is 3.20. The molecule has 2 saturated heterocycles. The number of hydrogen-bond acceptors (Lipinski definition) is 6. The molecule has 0 bridgehead atoms. The van der Waals surface area contributed by atoms with Crippen molar-refractivity contribution in [3.63, 3.8) is 0 Å². The largest absolute Gasteiger partial charge is 0.431 e. The van der Waals surface area contributed by atoms with Crippen molar-refractivity contribution in [2.24, 2.45) is 0 Å². The molecule has 0 aromatic carbocycles. The SMILES string of the molecule is FC(F)(F)c1cc2c(-c3nc(N4CC[C@H]5NCCC54)c4c(C5CC5)cncc4n3)ccnc2[nH]1. The highest BCUT2D eigenvalue weighted by molar-refractivity contribution is 5.97. The number of rotatable bonds is 3. The summed E-state index contributed by atoms with van der Waals surface area (Å²) in [6, 6.07) is 3.57. The van der Waals surface area contributed by atoms with Crippen molar-refractivity contribution in [3.8, 4) is 11.4 Å². The molecule has 0 spiro atoms. The zero-order chi connectivity index (χ0) is 23.0. The van der Waals surface area contributed by atoms with Crippen LogP contribution in [0.2, 0.25) is 0 Å². The van der Waals surface area contributed by atoms with Crippen LogP contribution in [0.25, 0.3) is 33.3 Å². The van der Waals surface area contributed by atoms with Crippen LogP contribution in [0.5, 0.6) is 0 Å². The first-order valence-electron chi connectivity index (χ1n) is 11.7. The Kier molecular flexibility index (Phi) is 4.21. The van der Waals surface area contributed by atoms with Crippen molar-refractivity contribution in [1.82, 2.24) is 30.2 Å². The molecule has 7 nitrogen and oxygen atoms in total. The van der Waals surface area contributed by atoms with Crippen LogP contribution in [0.15, 0.2) is 30.7 Å². The van der Waals surface area contributed by atoms with Crippen LogP contribution in [0, 0.1) is 0 Å². The highest BCUT2D eigenvalue weighted by atomic mass is 19.4. The number of nitrogens with one attached hydrogen (secondary N) is 2. The third-order valence-corrected chi connectivity index (χ3v) is 7.38. The molecule has 2 N–H and O–H groups in total. The lowest BCUT2D eigenvalue weighted by Gasteiger charge is -2.27. The summed E-state index contributed by atoms with van der Waals surface area (Å²) >= 11 is 0. The van der Waals surface area contributed by atoms with Crippen molar-refractivity contribution in [1.29, 1.82) is 0 Å². The van der Waals surface area contributed by atoms with E-state index in [0.717, 1.165) is 61.6 Å². The van der Waals surface area contributed by atoms with Crippen LogP contribution in [0.1, 0.15) is 42.9 Å². The number of alkyl halides is 3. The Hall–Kier alpha value is -3.27. The first-order valence-corrected chi connectivity index (χ1v) is 11.7. The van der Waals surface area contributed by atoms with E-state index in [4.69, 9.17) is 9.97 Å². The number of fused-ring (bicyclic) bond motifs is 3. The van der Waals surface area contributed by atoms with Gasteiger partial charge >= 0.3 is 6.18 Å². The quantitative estimate of drug-likeness (QED) is 0.467. The molecule has 0 radical (unpaired) electrons. The smallest absolute Gasteiger partial charge is 0.351 e. The van der Waals surface area contributed by atoms with Crippen molar-refractivity contribution in [2.75, 3.05) is 18.0 Å². The number of nitrogens with zero attached hydrogens (tertiary/aromatic N) is 5. The van der Waals surface area contributed by atoms with Crippen LogP contribution in [-0.4, -0.2) is 50.1 Å². The minimum atomic E-state index is -4.49. The molecule has 4 aromatic heterocycles. The first kappa shape index (κ1) is 20.1. The van der Waals surface area contributed by atoms with Crippen LogP contribution in [-0.2, 0) is 6.18 Å². The summed E-state index contributed by atoms with van der Waals surface area (Å²) in [7, 11) is 0. The van der Waals surface area contributed by atoms with Gasteiger partial charge in [0.05, 0.1) is 11.7 Å². The van der Waals surface area contributed by atoms with Gasteiger partial charge in [-0.2, -0.15) is 13.2 Å². The van der Waals surface area contributed by atoms with E-state index in [-0.39, 0.29) is 5.65 Å². The molecule has 174 valence electrons. The van der Waals surface area contributed by atoms with Crippen molar-refractivity contribution in [3.05, 3.63) is 42.0 Å². The first-order chi connectivity index (χ1) is 16.5. The second kappa shape index (κ2) is 7.11. The highest BCUT2D eigenvalue weighted by Gasteiger charge is 2.40. The van der Waals surface area contributed by atoms with Crippen LogP contribution in [0.4, 0.5) is 19.0 Å². The Balaban J connectivity index is 1.46. The summed E-state index contributed by atoms with van der Waals surface area (Å²) in [5.41, 5.74) is 1.77. The second-order valence-corrected chi connectivity index (χ2v) is 9.47. The van der Waals surface area contributed by atoms with E-state index in [1.165, 1.54) is 11.8 Å².